The third-order valence-corrected chi connectivity index (χ3v) is 4.87. The number of aromatic nitrogens is 1. The molecule has 0 radical (unpaired) electrons. The molecule has 4 rings (SSSR count). The summed E-state index contributed by atoms with van der Waals surface area (Å²) in [7, 11) is 1.82. The van der Waals surface area contributed by atoms with E-state index < -0.39 is 11.6 Å². The normalized spacial score (nSPS) is 13.9. The number of likely N-dealkylation sites (N-methyl/N-ethyl adjacent to an activating group) is 1. The summed E-state index contributed by atoms with van der Waals surface area (Å²) in [6.45, 7) is 2.67. The molecule has 3 aromatic rings. The van der Waals surface area contributed by atoms with Crippen LogP contribution in [0.25, 0.3) is 22.2 Å². The lowest BCUT2D eigenvalue weighted by molar-refractivity contribution is -0.137. The summed E-state index contributed by atoms with van der Waals surface area (Å²) in [4.78, 5) is 12.4. The maximum atomic E-state index is 13.5. The number of ether oxygens (including phenoxy) is 1. The summed E-state index contributed by atoms with van der Waals surface area (Å²) in [5.41, 5.74) is 1.58. The van der Waals surface area contributed by atoms with Gasteiger partial charge in [0.25, 0.3) is 6.47 Å². The Hall–Kier alpha value is -2.84. The maximum absolute atomic E-state index is 13.5. The van der Waals surface area contributed by atoms with Crippen LogP contribution in [0.15, 0.2) is 42.5 Å². The van der Waals surface area contributed by atoms with Crippen molar-refractivity contribution in [1.29, 1.82) is 0 Å². The highest BCUT2D eigenvalue weighted by molar-refractivity contribution is 5.86. The minimum absolute atomic E-state index is 0.219. The number of aliphatic hydroxyl groups excluding tert-OH is 1. The Morgan fingerprint density at radius 2 is 1.84 bits per heavy atom. The Balaban J connectivity index is 0.000000217. The van der Waals surface area contributed by atoms with E-state index in [-0.39, 0.29) is 30.1 Å². The highest BCUT2D eigenvalue weighted by Gasteiger charge is 2.17. The number of aromatic amines is 1. The molecule has 1 heterocycles. The molecule has 1 saturated carbocycles. The molecule has 0 spiro atoms. The van der Waals surface area contributed by atoms with Crippen molar-refractivity contribution in [2.75, 3.05) is 13.7 Å². The predicted molar refractivity (Wildman–Crippen MR) is 114 cm³/mol. The predicted octanol–water partition coefficient (Wildman–Crippen LogP) is 4.55. The zero-order chi connectivity index (χ0) is 22.8. The molecule has 1 aromatic heterocycles. The van der Waals surface area contributed by atoms with Gasteiger partial charge in [-0.15, -0.1) is 0 Å². The van der Waals surface area contributed by atoms with E-state index in [1.807, 2.05) is 14.0 Å². The topological polar surface area (TPSA) is 74.4 Å². The Labute approximate surface area is 179 Å². The molecule has 0 bridgehead atoms. The molecule has 0 saturated heterocycles. The fourth-order valence-electron chi connectivity index (χ4n) is 2.63. The second-order valence-electron chi connectivity index (χ2n) is 7.20. The third kappa shape index (κ3) is 7.41. The van der Waals surface area contributed by atoms with Crippen molar-refractivity contribution in [3.05, 3.63) is 59.9 Å². The van der Waals surface area contributed by atoms with E-state index in [1.165, 1.54) is 24.6 Å². The van der Waals surface area contributed by atoms with Gasteiger partial charge in [0.05, 0.1) is 12.1 Å². The Morgan fingerprint density at radius 3 is 2.29 bits per heavy atom. The molecular weight excluding hydrogens is 409 g/mol. The van der Waals surface area contributed by atoms with E-state index in [2.05, 4.69) is 15.0 Å². The number of hydrogen-bond donors (Lipinski definition) is 3. The first-order chi connectivity index (χ1) is 14.9. The molecule has 0 aliphatic heterocycles. The van der Waals surface area contributed by atoms with Crippen LogP contribution < -0.4 is 5.32 Å². The van der Waals surface area contributed by atoms with Crippen LogP contribution in [0.4, 0.5) is 13.2 Å². The molecule has 5 nitrogen and oxygen atoms in total. The van der Waals surface area contributed by atoms with Crippen molar-refractivity contribution in [2.24, 2.45) is 0 Å². The van der Waals surface area contributed by atoms with Crippen molar-refractivity contribution < 1.29 is 27.8 Å². The zero-order valence-electron chi connectivity index (χ0n) is 17.5. The second-order valence-corrected chi connectivity index (χ2v) is 7.20. The average Bonchev–Trinajstić information content (AvgIpc) is 3.16. The van der Waals surface area contributed by atoms with Crippen LogP contribution in [0.3, 0.4) is 0 Å². The number of aliphatic hydroxyl groups is 1. The average molecular weight is 436 g/mol. The summed E-state index contributed by atoms with van der Waals surface area (Å²) < 4.78 is 44.0. The summed E-state index contributed by atoms with van der Waals surface area (Å²) >= 11 is 0. The molecule has 0 amide bonds. The first-order valence-corrected chi connectivity index (χ1v) is 9.98. The number of carbonyl (C=O) groups is 1. The molecular formula is C23H27F3N2O3. The Morgan fingerprint density at radius 1 is 1.16 bits per heavy atom. The third-order valence-electron chi connectivity index (χ3n) is 4.87. The largest absolute Gasteiger partial charge is 0.465 e. The van der Waals surface area contributed by atoms with E-state index in [0.717, 1.165) is 18.9 Å². The standard InChI is InChI=1S/C14H8F3N.C5H8O2.C4H11NO/c15-10-3-1-8(2-4-10)13-6-9-5-11(16)7-12(17)14(9)18-13;6-4-7-5-2-1-3-5;1-4(3-6)5-2/h1-7,18H;4-5H,1-3H2;4-6H,3H2,1-2H3. The molecule has 1 fully saturated rings. The van der Waals surface area contributed by atoms with Crippen LogP contribution in [-0.2, 0) is 9.53 Å². The molecule has 3 N–H and O–H groups in total. The first kappa shape index (κ1) is 24.4. The molecule has 2 aromatic carbocycles. The fourth-order valence-corrected chi connectivity index (χ4v) is 2.63. The van der Waals surface area contributed by atoms with Crippen LogP contribution in [0.5, 0.6) is 0 Å². The number of rotatable bonds is 5. The van der Waals surface area contributed by atoms with Crippen molar-refractivity contribution >= 4 is 17.4 Å². The number of fused-ring (bicyclic) bond motifs is 1. The lowest BCUT2D eigenvalue weighted by Crippen LogP contribution is -2.24. The van der Waals surface area contributed by atoms with E-state index in [1.54, 1.807) is 18.2 Å². The lowest BCUT2D eigenvalue weighted by Gasteiger charge is -2.22. The highest BCUT2D eigenvalue weighted by atomic mass is 19.1. The SMILES string of the molecule is CNC(C)CO.Fc1ccc(-c2cc3cc(F)cc(F)c3[nH]2)cc1.O=COC1CCC1. The van der Waals surface area contributed by atoms with E-state index in [9.17, 15) is 18.0 Å². The van der Waals surface area contributed by atoms with Crippen molar-refractivity contribution in [3.63, 3.8) is 0 Å². The number of halogens is 3. The lowest BCUT2D eigenvalue weighted by atomic mass is 9.96. The quantitative estimate of drug-likeness (QED) is 0.513. The second kappa shape index (κ2) is 12.1. The zero-order valence-corrected chi connectivity index (χ0v) is 17.5. The van der Waals surface area contributed by atoms with Gasteiger partial charge in [-0.05, 0) is 75.2 Å². The van der Waals surface area contributed by atoms with Crippen molar-refractivity contribution in [3.8, 4) is 11.3 Å². The van der Waals surface area contributed by atoms with Crippen LogP contribution in [0.1, 0.15) is 26.2 Å². The summed E-state index contributed by atoms with van der Waals surface area (Å²) in [5, 5.41) is 11.6. The van der Waals surface area contributed by atoms with Gasteiger partial charge in [0, 0.05) is 23.2 Å². The molecule has 1 aliphatic rings. The summed E-state index contributed by atoms with van der Waals surface area (Å²) in [6.07, 6.45) is 3.62. The van der Waals surface area contributed by atoms with Gasteiger partial charge in [0.2, 0.25) is 0 Å². The Kier molecular flexibility index (Phi) is 9.55. The summed E-state index contributed by atoms with van der Waals surface area (Å²) in [5.74, 6) is -1.60. The van der Waals surface area contributed by atoms with Crippen LogP contribution in [0.2, 0.25) is 0 Å². The molecule has 8 heteroatoms. The number of carbonyl (C=O) groups excluding carboxylic acids is 1. The fraction of sp³-hybridized carbons (Fsp3) is 0.348. The number of H-pyrrole nitrogens is 1. The molecule has 1 atom stereocenters. The van der Waals surface area contributed by atoms with Crippen LogP contribution in [0, 0.1) is 17.5 Å². The number of benzene rings is 2. The maximum Gasteiger partial charge on any atom is 0.293 e. The molecule has 31 heavy (non-hydrogen) atoms. The van der Waals surface area contributed by atoms with Crippen LogP contribution >= 0.6 is 0 Å². The molecule has 1 unspecified atom stereocenters. The van der Waals surface area contributed by atoms with Gasteiger partial charge in [-0.2, -0.15) is 0 Å². The van der Waals surface area contributed by atoms with Gasteiger partial charge in [-0.25, -0.2) is 13.2 Å². The van der Waals surface area contributed by atoms with E-state index in [4.69, 9.17) is 5.11 Å². The van der Waals surface area contributed by atoms with Crippen LogP contribution in [-0.4, -0.2) is 42.4 Å². The molecule has 168 valence electrons. The van der Waals surface area contributed by atoms with Crippen molar-refractivity contribution in [2.45, 2.75) is 38.3 Å². The number of nitrogens with one attached hydrogen (secondary N) is 2. The van der Waals surface area contributed by atoms with Gasteiger partial charge >= 0.3 is 0 Å². The minimum Gasteiger partial charge on any atom is -0.465 e. The molecule has 1 aliphatic carbocycles. The van der Waals surface area contributed by atoms with Gasteiger partial charge in [-0.3, -0.25) is 4.79 Å². The monoisotopic (exact) mass is 436 g/mol. The van der Waals surface area contributed by atoms with Crippen molar-refractivity contribution in [1.82, 2.24) is 10.3 Å². The first-order valence-electron chi connectivity index (χ1n) is 9.98. The smallest absolute Gasteiger partial charge is 0.293 e. The minimum atomic E-state index is -0.640. The van der Waals surface area contributed by atoms with E-state index in [0.29, 0.717) is 23.1 Å². The highest BCUT2D eigenvalue weighted by Crippen LogP contribution is 2.26. The van der Waals surface area contributed by atoms with Gasteiger partial charge in [0.15, 0.2) is 0 Å². The van der Waals surface area contributed by atoms with Gasteiger partial charge in [0.1, 0.15) is 23.6 Å². The van der Waals surface area contributed by atoms with E-state index >= 15 is 0 Å². The van der Waals surface area contributed by atoms with Gasteiger partial charge < -0.3 is 20.1 Å². The van der Waals surface area contributed by atoms with Gasteiger partial charge in [-0.1, -0.05) is 0 Å². The Bertz CT molecular complexity index is 953. The number of hydrogen-bond acceptors (Lipinski definition) is 4. The summed E-state index contributed by atoms with van der Waals surface area (Å²) in [6, 6.07) is 9.74.